The fourth-order valence-electron chi connectivity index (χ4n) is 3.83. The van der Waals surface area contributed by atoms with Crippen LogP contribution in [0.4, 0.5) is 39.5 Å². The van der Waals surface area contributed by atoms with Crippen LogP contribution in [0.15, 0.2) is 42.5 Å². The van der Waals surface area contributed by atoms with E-state index in [2.05, 4.69) is 0 Å². The highest BCUT2D eigenvalue weighted by Gasteiger charge is 2.42. The maximum atomic E-state index is 13.9. The van der Waals surface area contributed by atoms with Crippen molar-refractivity contribution in [3.8, 4) is 23.0 Å². The van der Waals surface area contributed by atoms with Gasteiger partial charge in [-0.25, -0.2) is 19.2 Å². The van der Waals surface area contributed by atoms with Gasteiger partial charge in [0.15, 0.2) is 11.5 Å². The average molecular weight is 642 g/mol. The fourth-order valence-corrected chi connectivity index (χ4v) is 3.83. The van der Waals surface area contributed by atoms with Crippen LogP contribution in [-0.2, 0) is 18.5 Å². The van der Waals surface area contributed by atoms with Gasteiger partial charge in [-0.2, -0.15) is 39.5 Å². The standard InChI is InChI=1S/C25H11F9O10/c26-23(27,28)8-4-6-11(16(21(39)40)14(8)19(35)36)43-13-3-1-2-10(25(32,33)34)18(13)44-12-7-5-9(24(29,30)31)15(20(37)38)17(12)22(41)42/h1-7H,(H,35,36)(H,37,38)(H,39,40)(H,41,42). The van der Waals surface area contributed by atoms with Gasteiger partial charge in [-0.05, 0) is 36.4 Å². The molecule has 0 aromatic heterocycles. The molecule has 234 valence electrons. The minimum atomic E-state index is -5.47. The Bertz CT molecular complexity index is 1690. The van der Waals surface area contributed by atoms with Crippen LogP contribution in [0.2, 0.25) is 0 Å². The topological polar surface area (TPSA) is 168 Å². The molecular weight excluding hydrogens is 631 g/mol. The Labute approximate surface area is 236 Å². The van der Waals surface area contributed by atoms with Crippen LogP contribution >= 0.6 is 0 Å². The summed E-state index contributed by atoms with van der Waals surface area (Å²) >= 11 is 0. The quantitative estimate of drug-likeness (QED) is 0.186. The lowest BCUT2D eigenvalue weighted by Crippen LogP contribution is -2.19. The number of hydrogen-bond acceptors (Lipinski definition) is 6. The average Bonchev–Trinajstić information content (AvgIpc) is 2.86. The molecule has 0 saturated carbocycles. The Hall–Kier alpha value is -5.49. The summed E-state index contributed by atoms with van der Waals surface area (Å²) in [6.07, 6.45) is -16.3. The van der Waals surface area contributed by atoms with E-state index in [1.165, 1.54) is 0 Å². The van der Waals surface area contributed by atoms with Gasteiger partial charge in [-0.3, -0.25) is 0 Å². The SMILES string of the molecule is O=C(O)c1c(Oc2cccc(C(F)(F)F)c2Oc2ccc(C(F)(F)F)c(C(=O)O)c2C(=O)O)ccc(C(F)(F)F)c1C(=O)O. The second-order valence-corrected chi connectivity index (χ2v) is 8.27. The van der Waals surface area contributed by atoms with Crippen LogP contribution in [0.1, 0.15) is 58.1 Å². The first-order valence-corrected chi connectivity index (χ1v) is 11.0. The van der Waals surface area contributed by atoms with Crippen molar-refractivity contribution in [3.63, 3.8) is 0 Å². The number of alkyl halides is 9. The second-order valence-electron chi connectivity index (χ2n) is 8.27. The first kappa shape index (κ1) is 33.0. The molecule has 4 N–H and O–H groups in total. The lowest BCUT2D eigenvalue weighted by atomic mass is 9.99. The minimum Gasteiger partial charge on any atom is -0.478 e. The molecule has 10 nitrogen and oxygen atoms in total. The summed E-state index contributed by atoms with van der Waals surface area (Å²) in [6, 6.07) is 1.85. The van der Waals surface area contributed by atoms with Gasteiger partial charge in [0.2, 0.25) is 0 Å². The number of halogens is 9. The lowest BCUT2D eigenvalue weighted by Gasteiger charge is -2.21. The highest BCUT2D eigenvalue weighted by molar-refractivity contribution is 6.06. The second kappa shape index (κ2) is 11.3. The predicted molar refractivity (Wildman–Crippen MR) is 122 cm³/mol. The number of carboxylic acid groups (broad SMARTS) is 4. The lowest BCUT2D eigenvalue weighted by molar-refractivity contribution is -0.139. The number of carboxylic acids is 4. The number of ether oxygens (including phenoxy) is 2. The molecule has 0 aliphatic rings. The van der Waals surface area contributed by atoms with Crippen molar-refractivity contribution in [2.45, 2.75) is 18.5 Å². The van der Waals surface area contributed by atoms with Gasteiger partial charge in [-0.15, -0.1) is 0 Å². The Balaban J connectivity index is 2.36. The number of aromatic carboxylic acids is 4. The van der Waals surface area contributed by atoms with Crippen molar-refractivity contribution in [1.82, 2.24) is 0 Å². The Morgan fingerprint density at radius 1 is 0.455 bits per heavy atom. The molecule has 0 fully saturated rings. The molecule has 0 heterocycles. The van der Waals surface area contributed by atoms with Gasteiger partial charge in [-0.1, -0.05) is 6.07 Å². The Morgan fingerprint density at radius 3 is 1.16 bits per heavy atom. The van der Waals surface area contributed by atoms with E-state index in [0.717, 1.165) is 0 Å². The number of benzene rings is 3. The third kappa shape index (κ3) is 6.45. The van der Waals surface area contributed by atoms with Crippen molar-refractivity contribution in [2.24, 2.45) is 0 Å². The molecule has 0 radical (unpaired) electrons. The number of carbonyl (C=O) groups is 4. The largest absolute Gasteiger partial charge is 0.478 e. The van der Waals surface area contributed by atoms with Crippen LogP contribution in [0.3, 0.4) is 0 Å². The van der Waals surface area contributed by atoms with Gasteiger partial charge in [0.1, 0.15) is 28.2 Å². The van der Waals surface area contributed by atoms with Crippen molar-refractivity contribution >= 4 is 23.9 Å². The zero-order valence-electron chi connectivity index (χ0n) is 20.7. The van der Waals surface area contributed by atoms with E-state index in [9.17, 15) is 79.1 Å². The summed E-state index contributed by atoms with van der Waals surface area (Å²) in [5, 5.41) is 37.6. The molecule has 0 amide bonds. The van der Waals surface area contributed by atoms with Crippen LogP contribution in [-0.4, -0.2) is 44.3 Å². The highest BCUT2D eigenvalue weighted by atomic mass is 19.4. The summed E-state index contributed by atoms with van der Waals surface area (Å²) in [7, 11) is 0. The van der Waals surface area contributed by atoms with E-state index in [1.54, 1.807) is 0 Å². The van der Waals surface area contributed by atoms with Crippen LogP contribution in [0, 0.1) is 0 Å². The van der Waals surface area contributed by atoms with Gasteiger partial charge in [0.05, 0.1) is 22.3 Å². The van der Waals surface area contributed by atoms with Crippen molar-refractivity contribution < 1.29 is 88.6 Å². The smallest absolute Gasteiger partial charge is 0.420 e. The van der Waals surface area contributed by atoms with Gasteiger partial charge in [0, 0.05) is 0 Å². The maximum absolute atomic E-state index is 13.9. The fraction of sp³-hybridized carbons (Fsp3) is 0.120. The molecule has 19 heteroatoms. The highest BCUT2D eigenvalue weighted by Crippen LogP contribution is 2.48. The van der Waals surface area contributed by atoms with E-state index in [4.69, 9.17) is 9.47 Å². The summed E-state index contributed by atoms with van der Waals surface area (Å²) in [4.78, 5) is 46.9. The minimum absolute atomic E-state index is 0.0144. The molecule has 0 atom stereocenters. The normalized spacial score (nSPS) is 12.0. The van der Waals surface area contributed by atoms with Crippen molar-refractivity contribution in [2.75, 3.05) is 0 Å². The summed E-state index contributed by atoms with van der Waals surface area (Å²) in [5.41, 5.74) is -13.1. The Kier molecular flexibility index (Phi) is 8.48. The summed E-state index contributed by atoms with van der Waals surface area (Å²) in [5.74, 6) is -15.2. The van der Waals surface area contributed by atoms with Crippen LogP contribution in [0.25, 0.3) is 0 Å². The van der Waals surface area contributed by atoms with E-state index in [1.807, 2.05) is 0 Å². The summed E-state index contributed by atoms with van der Waals surface area (Å²) in [6.45, 7) is 0. The predicted octanol–water partition coefficient (Wildman–Crippen LogP) is 7.12. The molecule has 0 unspecified atom stereocenters. The van der Waals surface area contributed by atoms with E-state index < -0.39 is 104 Å². The number of para-hydroxylation sites is 1. The van der Waals surface area contributed by atoms with E-state index in [-0.39, 0.29) is 30.3 Å². The molecule has 0 aliphatic carbocycles. The number of rotatable bonds is 8. The van der Waals surface area contributed by atoms with Crippen LogP contribution < -0.4 is 9.47 Å². The van der Waals surface area contributed by atoms with Gasteiger partial charge >= 0.3 is 42.4 Å². The van der Waals surface area contributed by atoms with Gasteiger partial charge < -0.3 is 29.9 Å². The van der Waals surface area contributed by atoms with Crippen molar-refractivity contribution in [1.29, 1.82) is 0 Å². The first-order chi connectivity index (χ1) is 20.1. The third-order valence-corrected chi connectivity index (χ3v) is 5.52. The molecular formula is C25H11F9O10. The monoisotopic (exact) mass is 642 g/mol. The van der Waals surface area contributed by atoms with E-state index >= 15 is 0 Å². The molecule has 44 heavy (non-hydrogen) atoms. The van der Waals surface area contributed by atoms with Crippen molar-refractivity contribution in [3.05, 3.63) is 81.4 Å². The molecule has 3 aromatic carbocycles. The molecule has 0 aliphatic heterocycles. The molecule has 0 spiro atoms. The maximum Gasteiger partial charge on any atom is 0.420 e. The zero-order valence-corrected chi connectivity index (χ0v) is 20.7. The zero-order chi connectivity index (χ0) is 33.5. The van der Waals surface area contributed by atoms with Crippen LogP contribution in [0.5, 0.6) is 23.0 Å². The first-order valence-electron chi connectivity index (χ1n) is 11.0. The van der Waals surface area contributed by atoms with E-state index in [0.29, 0.717) is 12.1 Å². The Morgan fingerprint density at radius 2 is 0.818 bits per heavy atom. The van der Waals surface area contributed by atoms with Gasteiger partial charge in [0.25, 0.3) is 0 Å². The molecule has 0 saturated heterocycles. The number of hydrogen-bond donors (Lipinski definition) is 4. The molecule has 0 bridgehead atoms. The molecule has 3 rings (SSSR count). The third-order valence-electron chi connectivity index (χ3n) is 5.52. The summed E-state index contributed by atoms with van der Waals surface area (Å²) < 4.78 is 132. The molecule has 3 aromatic rings.